The summed E-state index contributed by atoms with van der Waals surface area (Å²) < 4.78 is 5.80. The molecular weight excluding hydrogens is 194 g/mol. The summed E-state index contributed by atoms with van der Waals surface area (Å²) in [6, 6.07) is 0. The van der Waals surface area contributed by atoms with Crippen LogP contribution in [0, 0.1) is 5.41 Å². The highest BCUT2D eigenvalue weighted by molar-refractivity contribution is 5.74. The molecule has 2 saturated heterocycles. The molecule has 4 N–H and O–H groups in total. The summed E-state index contributed by atoms with van der Waals surface area (Å²) in [7, 11) is 0. The Bertz CT molecular complexity index is 255. The van der Waals surface area contributed by atoms with Crippen LogP contribution in [-0.2, 0) is 4.74 Å². The van der Waals surface area contributed by atoms with Crippen LogP contribution in [0.1, 0.15) is 25.7 Å². The molecule has 2 unspecified atom stereocenters. The molecule has 0 aromatic rings. The lowest BCUT2D eigenvalue weighted by Crippen LogP contribution is -2.56. The van der Waals surface area contributed by atoms with E-state index in [1.807, 2.05) is 4.90 Å². The summed E-state index contributed by atoms with van der Waals surface area (Å²) >= 11 is 0. The Morgan fingerprint density at radius 1 is 1.60 bits per heavy atom. The second-order valence-electron chi connectivity index (χ2n) is 4.59. The Labute approximate surface area is 89.7 Å². The van der Waals surface area contributed by atoms with Crippen molar-refractivity contribution in [3.63, 3.8) is 0 Å². The molecule has 2 aliphatic heterocycles. The van der Waals surface area contributed by atoms with Gasteiger partial charge in [0, 0.05) is 26.1 Å². The monoisotopic (exact) mass is 213 g/mol. The number of aliphatic hydroxyl groups is 1. The molecule has 2 heterocycles. The Morgan fingerprint density at radius 2 is 2.40 bits per heavy atom. The third-order valence-corrected chi connectivity index (χ3v) is 3.35. The maximum Gasteiger partial charge on any atom is 0.188 e. The second kappa shape index (κ2) is 3.98. The van der Waals surface area contributed by atoms with Gasteiger partial charge >= 0.3 is 0 Å². The number of guanidine groups is 1. The molecule has 0 bridgehead atoms. The second-order valence-corrected chi connectivity index (χ2v) is 4.59. The van der Waals surface area contributed by atoms with E-state index in [-0.39, 0.29) is 17.7 Å². The summed E-state index contributed by atoms with van der Waals surface area (Å²) in [5.41, 5.74) is 5.22. The molecule has 0 aromatic heterocycles. The molecule has 2 fully saturated rings. The molecule has 0 aliphatic carbocycles. The van der Waals surface area contributed by atoms with Crippen molar-refractivity contribution < 1.29 is 9.84 Å². The number of hydrogen-bond acceptors (Lipinski definition) is 3. The standard InChI is InChI=1S/C10H19N3O2/c11-9(12)13-4-1-3-10(7-13)6-8(14)2-5-15-10/h8,14H,1-7H2,(H3,11,12). The summed E-state index contributed by atoms with van der Waals surface area (Å²) in [4.78, 5) is 1.83. The van der Waals surface area contributed by atoms with Crippen molar-refractivity contribution in [3.05, 3.63) is 0 Å². The Balaban J connectivity index is 2.04. The van der Waals surface area contributed by atoms with Crippen molar-refractivity contribution >= 4 is 5.96 Å². The van der Waals surface area contributed by atoms with Gasteiger partial charge in [0.2, 0.25) is 0 Å². The smallest absolute Gasteiger partial charge is 0.188 e. The number of hydrogen-bond donors (Lipinski definition) is 3. The molecule has 5 heteroatoms. The molecule has 2 aliphatic rings. The molecule has 0 aromatic carbocycles. The van der Waals surface area contributed by atoms with E-state index in [4.69, 9.17) is 15.9 Å². The van der Waals surface area contributed by atoms with E-state index in [1.165, 1.54) is 0 Å². The molecule has 0 radical (unpaired) electrons. The van der Waals surface area contributed by atoms with Gasteiger partial charge in [0.15, 0.2) is 5.96 Å². The van der Waals surface area contributed by atoms with Crippen LogP contribution in [0.5, 0.6) is 0 Å². The van der Waals surface area contributed by atoms with Crippen LogP contribution in [0.15, 0.2) is 0 Å². The van der Waals surface area contributed by atoms with Crippen LogP contribution in [0.25, 0.3) is 0 Å². The number of ether oxygens (including phenoxy) is 1. The number of nitrogens with two attached hydrogens (primary N) is 1. The highest BCUT2D eigenvalue weighted by atomic mass is 16.5. The summed E-state index contributed by atoms with van der Waals surface area (Å²) in [5, 5.41) is 17.1. The molecule has 86 valence electrons. The Morgan fingerprint density at radius 3 is 3.07 bits per heavy atom. The van der Waals surface area contributed by atoms with Gasteiger partial charge in [0.25, 0.3) is 0 Å². The topological polar surface area (TPSA) is 82.6 Å². The van der Waals surface area contributed by atoms with Crippen molar-refractivity contribution in [1.29, 1.82) is 5.41 Å². The average molecular weight is 213 g/mol. The van der Waals surface area contributed by atoms with Gasteiger partial charge in [-0.05, 0) is 19.3 Å². The summed E-state index contributed by atoms with van der Waals surface area (Å²) in [6.45, 7) is 2.10. The van der Waals surface area contributed by atoms with E-state index in [2.05, 4.69) is 0 Å². The van der Waals surface area contributed by atoms with E-state index in [9.17, 15) is 5.11 Å². The SMILES string of the molecule is N=C(N)N1CCCC2(CC(O)CCO2)C1. The van der Waals surface area contributed by atoms with Gasteiger partial charge in [-0.15, -0.1) is 0 Å². The van der Waals surface area contributed by atoms with Crippen molar-refractivity contribution in [3.8, 4) is 0 Å². The lowest BCUT2D eigenvalue weighted by molar-refractivity contribution is -0.139. The van der Waals surface area contributed by atoms with Crippen LogP contribution >= 0.6 is 0 Å². The van der Waals surface area contributed by atoms with Crippen LogP contribution in [0.3, 0.4) is 0 Å². The van der Waals surface area contributed by atoms with E-state index >= 15 is 0 Å². The zero-order valence-electron chi connectivity index (χ0n) is 8.91. The minimum atomic E-state index is -0.262. The van der Waals surface area contributed by atoms with Crippen molar-refractivity contribution in [2.24, 2.45) is 5.73 Å². The van der Waals surface area contributed by atoms with Crippen LogP contribution in [0.2, 0.25) is 0 Å². The van der Waals surface area contributed by atoms with Crippen LogP contribution < -0.4 is 5.73 Å². The van der Waals surface area contributed by atoms with Gasteiger partial charge in [-0.1, -0.05) is 0 Å². The minimum absolute atomic E-state index is 0.109. The molecule has 1 spiro atoms. The quantitative estimate of drug-likeness (QED) is 0.387. The first-order valence-electron chi connectivity index (χ1n) is 5.52. The van der Waals surface area contributed by atoms with Gasteiger partial charge in [-0.2, -0.15) is 0 Å². The number of nitrogens with one attached hydrogen (secondary N) is 1. The van der Waals surface area contributed by atoms with Gasteiger partial charge in [0.05, 0.1) is 11.7 Å². The van der Waals surface area contributed by atoms with E-state index < -0.39 is 0 Å². The van der Waals surface area contributed by atoms with Gasteiger partial charge < -0.3 is 20.5 Å². The zero-order chi connectivity index (χ0) is 10.9. The van der Waals surface area contributed by atoms with E-state index in [1.54, 1.807) is 0 Å². The van der Waals surface area contributed by atoms with Crippen molar-refractivity contribution in [1.82, 2.24) is 4.90 Å². The molecular formula is C10H19N3O2. The van der Waals surface area contributed by atoms with Crippen molar-refractivity contribution in [2.45, 2.75) is 37.4 Å². The molecule has 5 nitrogen and oxygen atoms in total. The van der Waals surface area contributed by atoms with Gasteiger partial charge in [0.1, 0.15) is 0 Å². The molecule has 2 atom stereocenters. The first-order valence-corrected chi connectivity index (χ1v) is 5.52. The number of nitrogens with zero attached hydrogens (tertiary/aromatic N) is 1. The number of aliphatic hydroxyl groups excluding tert-OH is 1. The number of piperidine rings is 1. The predicted molar refractivity (Wildman–Crippen MR) is 56.6 cm³/mol. The predicted octanol–water partition coefficient (Wildman–Crippen LogP) is -0.114. The summed E-state index contributed by atoms with van der Waals surface area (Å²) in [6.07, 6.45) is 3.09. The molecule has 0 saturated carbocycles. The largest absolute Gasteiger partial charge is 0.393 e. The highest BCUT2D eigenvalue weighted by Gasteiger charge is 2.40. The Hall–Kier alpha value is -0.810. The lowest BCUT2D eigenvalue weighted by atomic mass is 9.84. The van der Waals surface area contributed by atoms with E-state index in [0.717, 1.165) is 25.8 Å². The van der Waals surface area contributed by atoms with Gasteiger partial charge in [-0.25, -0.2) is 0 Å². The lowest BCUT2D eigenvalue weighted by Gasteiger charge is -2.46. The van der Waals surface area contributed by atoms with Crippen molar-refractivity contribution in [2.75, 3.05) is 19.7 Å². The first kappa shape index (κ1) is 10.7. The number of likely N-dealkylation sites (tertiary alicyclic amines) is 1. The fourth-order valence-corrected chi connectivity index (χ4v) is 2.59. The maximum absolute atomic E-state index is 9.67. The first-order chi connectivity index (χ1) is 7.11. The maximum atomic E-state index is 9.67. The number of rotatable bonds is 0. The Kier molecular flexibility index (Phi) is 2.84. The molecule has 0 amide bonds. The highest BCUT2D eigenvalue weighted by Crippen LogP contribution is 2.33. The normalized spacial score (nSPS) is 36.9. The average Bonchev–Trinajstić information content (AvgIpc) is 2.17. The fourth-order valence-electron chi connectivity index (χ4n) is 2.59. The fraction of sp³-hybridized carbons (Fsp3) is 0.900. The summed E-state index contributed by atoms with van der Waals surface area (Å²) in [5.74, 6) is 0.109. The van der Waals surface area contributed by atoms with E-state index in [0.29, 0.717) is 19.6 Å². The minimum Gasteiger partial charge on any atom is -0.393 e. The molecule has 2 rings (SSSR count). The third kappa shape index (κ3) is 2.23. The van der Waals surface area contributed by atoms with Gasteiger partial charge in [-0.3, -0.25) is 5.41 Å². The van der Waals surface area contributed by atoms with Crippen LogP contribution in [-0.4, -0.2) is 47.4 Å². The molecule has 15 heavy (non-hydrogen) atoms. The third-order valence-electron chi connectivity index (χ3n) is 3.35. The zero-order valence-corrected chi connectivity index (χ0v) is 8.91. The van der Waals surface area contributed by atoms with Crippen LogP contribution in [0.4, 0.5) is 0 Å².